The third-order valence-corrected chi connectivity index (χ3v) is 3.44. The van der Waals surface area contributed by atoms with Crippen molar-refractivity contribution in [2.45, 2.75) is 25.8 Å². The van der Waals surface area contributed by atoms with E-state index in [-0.39, 0.29) is 11.7 Å². The van der Waals surface area contributed by atoms with Crippen LogP contribution in [0.25, 0.3) is 0 Å². The van der Waals surface area contributed by atoms with Gasteiger partial charge >= 0.3 is 5.69 Å². The predicted molar refractivity (Wildman–Crippen MR) is 79.2 cm³/mol. The van der Waals surface area contributed by atoms with Gasteiger partial charge in [0.2, 0.25) is 5.82 Å². The van der Waals surface area contributed by atoms with Crippen molar-refractivity contribution in [3.05, 3.63) is 22.2 Å². The summed E-state index contributed by atoms with van der Waals surface area (Å²) in [7, 11) is 1.74. The fraction of sp³-hybridized carbons (Fsp3) is 0.615. The Morgan fingerprint density at radius 1 is 1.45 bits per heavy atom. The fourth-order valence-corrected chi connectivity index (χ4v) is 2.48. The Labute approximate surface area is 118 Å². The first kappa shape index (κ1) is 14.5. The van der Waals surface area contributed by atoms with Gasteiger partial charge in [0.25, 0.3) is 0 Å². The molecule has 0 bridgehead atoms. The largest absolute Gasteiger partial charge is 0.373 e. The first-order valence-corrected chi connectivity index (χ1v) is 6.92. The lowest BCUT2D eigenvalue weighted by molar-refractivity contribution is -0.384. The summed E-state index contributed by atoms with van der Waals surface area (Å²) in [5.41, 5.74) is 0.0114. The summed E-state index contributed by atoms with van der Waals surface area (Å²) in [6.07, 6.45) is 2.47. The van der Waals surface area contributed by atoms with Gasteiger partial charge in [-0.05, 0) is 38.9 Å². The summed E-state index contributed by atoms with van der Waals surface area (Å²) in [4.78, 5) is 17.2. The third kappa shape index (κ3) is 3.57. The fourth-order valence-electron chi connectivity index (χ4n) is 2.48. The highest BCUT2D eigenvalue weighted by molar-refractivity contribution is 5.60. The molecule has 0 saturated carbocycles. The van der Waals surface area contributed by atoms with Gasteiger partial charge in [0.05, 0.1) is 4.92 Å². The number of nitrogens with zero attached hydrogens (tertiary/aromatic N) is 3. The number of nitro groups is 1. The quantitative estimate of drug-likeness (QED) is 0.611. The lowest BCUT2D eigenvalue weighted by Gasteiger charge is -2.21. The van der Waals surface area contributed by atoms with E-state index in [1.165, 1.54) is 18.9 Å². The molecule has 0 amide bonds. The van der Waals surface area contributed by atoms with E-state index < -0.39 is 4.92 Å². The van der Waals surface area contributed by atoms with Crippen molar-refractivity contribution < 1.29 is 4.92 Å². The SMILES string of the molecule is CNc1ccc([N+](=O)[O-])c(NC(C)CN2CCCC2)n1. The molecule has 2 heterocycles. The summed E-state index contributed by atoms with van der Waals surface area (Å²) in [5, 5.41) is 17.1. The van der Waals surface area contributed by atoms with Crippen molar-refractivity contribution in [2.75, 3.05) is 37.3 Å². The second-order valence-electron chi connectivity index (χ2n) is 5.12. The maximum absolute atomic E-state index is 11.0. The number of likely N-dealkylation sites (tertiary alicyclic amines) is 1. The Balaban J connectivity index is 2.07. The zero-order valence-electron chi connectivity index (χ0n) is 11.9. The Morgan fingerprint density at radius 2 is 2.15 bits per heavy atom. The van der Waals surface area contributed by atoms with E-state index in [0.29, 0.717) is 11.6 Å². The summed E-state index contributed by atoms with van der Waals surface area (Å²) in [6, 6.07) is 3.20. The zero-order valence-corrected chi connectivity index (χ0v) is 11.9. The molecule has 7 nitrogen and oxygen atoms in total. The van der Waals surface area contributed by atoms with Crippen molar-refractivity contribution in [1.29, 1.82) is 0 Å². The van der Waals surface area contributed by atoms with E-state index in [1.807, 2.05) is 6.92 Å². The molecule has 20 heavy (non-hydrogen) atoms. The highest BCUT2D eigenvalue weighted by atomic mass is 16.6. The number of pyridine rings is 1. The van der Waals surface area contributed by atoms with Crippen LogP contribution in [0.3, 0.4) is 0 Å². The Bertz CT molecular complexity index is 474. The Hall–Kier alpha value is -1.89. The number of hydrogen-bond donors (Lipinski definition) is 2. The molecule has 1 fully saturated rings. The van der Waals surface area contributed by atoms with Crippen molar-refractivity contribution >= 4 is 17.3 Å². The van der Waals surface area contributed by atoms with E-state index >= 15 is 0 Å². The molecule has 1 aliphatic heterocycles. The average Bonchev–Trinajstić information content (AvgIpc) is 2.90. The molecule has 7 heteroatoms. The maximum Gasteiger partial charge on any atom is 0.311 e. The molecule has 0 spiro atoms. The summed E-state index contributed by atoms with van der Waals surface area (Å²) in [6.45, 7) is 5.12. The maximum atomic E-state index is 11.0. The average molecular weight is 279 g/mol. The number of hydrogen-bond acceptors (Lipinski definition) is 6. The molecule has 0 aromatic carbocycles. The smallest absolute Gasteiger partial charge is 0.311 e. The van der Waals surface area contributed by atoms with Crippen LogP contribution in [0.4, 0.5) is 17.3 Å². The van der Waals surface area contributed by atoms with E-state index in [4.69, 9.17) is 0 Å². The monoisotopic (exact) mass is 279 g/mol. The molecule has 1 unspecified atom stereocenters. The van der Waals surface area contributed by atoms with Crippen LogP contribution in [-0.4, -0.2) is 47.5 Å². The van der Waals surface area contributed by atoms with Gasteiger partial charge in [-0.2, -0.15) is 0 Å². The van der Waals surface area contributed by atoms with Crippen LogP contribution in [0, 0.1) is 10.1 Å². The van der Waals surface area contributed by atoms with Crippen molar-refractivity contribution in [2.24, 2.45) is 0 Å². The van der Waals surface area contributed by atoms with Gasteiger partial charge in [-0.1, -0.05) is 0 Å². The van der Waals surface area contributed by atoms with Crippen LogP contribution in [0.2, 0.25) is 0 Å². The van der Waals surface area contributed by atoms with E-state index in [2.05, 4.69) is 20.5 Å². The molecule has 1 aliphatic rings. The molecule has 2 rings (SSSR count). The van der Waals surface area contributed by atoms with E-state index in [9.17, 15) is 10.1 Å². The van der Waals surface area contributed by atoms with Gasteiger partial charge in [0.15, 0.2) is 0 Å². The van der Waals surface area contributed by atoms with E-state index in [1.54, 1.807) is 13.1 Å². The molecule has 1 saturated heterocycles. The summed E-state index contributed by atoms with van der Waals surface area (Å²) in [5.74, 6) is 0.944. The Kier molecular flexibility index (Phi) is 4.73. The third-order valence-electron chi connectivity index (χ3n) is 3.44. The van der Waals surface area contributed by atoms with Crippen LogP contribution >= 0.6 is 0 Å². The summed E-state index contributed by atoms with van der Waals surface area (Å²) < 4.78 is 0. The second-order valence-corrected chi connectivity index (χ2v) is 5.12. The first-order valence-electron chi connectivity index (χ1n) is 6.92. The van der Waals surface area contributed by atoms with Gasteiger partial charge in [-0.3, -0.25) is 10.1 Å². The number of rotatable bonds is 6. The molecule has 0 aliphatic carbocycles. The van der Waals surface area contributed by atoms with Gasteiger partial charge in [0, 0.05) is 25.7 Å². The van der Waals surface area contributed by atoms with Crippen LogP contribution in [0.15, 0.2) is 12.1 Å². The Morgan fingerprint density at radius 3 is 2.75 bits per heavy atom. The minimum absolute atomic E-state index is 0.0114. The van der Waals surface area contributed by atoms with Crippen LogP contribution in [-0.2, 0) is 0 Å². The topological polar surface area (TPSA) is 83.3 Å². The normalized spacial score (nSPS) is 16.9. The number of aromatic nitrogens is 1. The number of nitrogens with one attached hydrogen (secondary N) is 2. The molecule has 0 radical (unpaired) electrons. The molecule has 110 valence electrons. The molecule has 2 N–H and O–H groups in total. The summed E-state index contributed by atoms with van der Waals surface area (Å²) >= 11 is 0. The standard InChI is InChI=1S/C13H21N5O2/c1-10(9-17-7-3-4-8-17)15-13-11(18(19)20)5-6-12(14-2)16-13/h5-6,10H,3-4,7-9H2,1-2H3,(H2,14,15,16). The lowest BCUT2D eigenvalue weighted by atomic mass is 10.3. The minimum atomic E-state index is -0.405. The zero-order chi connectivity index (χ0) is 14.5. The van der Waals surface area contributed by atoms with Gasteiger partial charge in [0.1, 0.15) is 5.82 Å². The molecule has 1 aromatic rings. The van der Waals surface area contributed by atoms with E-state index in [0.717, 1.165) is 19.6 Å². The second kappa shape index (κ2) is 6.51. The molecule has 1 atom stereocenters. The lowest BCUT2D eigenvalue weighted by Crippen LogP contribution is -2.33. The first-order chi connectivity index (χ1) is 9.60. The van der Waals surface area contributed by atoms with Crippen LogP contribution in [0.5, 0.6) is 0 Å². The molecule has 1 aromatic heterocycles. The van der Waals surface area contributed by atoms with Crippen LogP contribution < -0.4 is 10.6 Å². The van der Waals surface area contributed by atoms with Gasteiger partial charge in [-0.15, -0.1) is 0 Å². The van der Waals surface area contributed by atoms with Gasteiger partial charge < -0.3 is 15.5 Å². The van der Waals surface area contributed by atoms with Crippen LogP contribution in [0.1, 0.15) is 19.8 Å². The van der Waals surface area contributed by atoms with Crippen molar-refractivity contribution in [1.82, 2.24) is 9.88 Å². The van der Waals surface area contributed by atoms with Gasteiger partial charge in [-0.25, -0.2) is 4.98 Å². The highest BCUT2D eigenvalue weighted by Gasteiger charge is 2.20. The minimum Gasteiger partial charge on any atom is -0.373 e. The highest BCUT2D eigenvalue weighted by Crippen LogP contribution is 2.24. The number of anilines is 2. The predicted octanol–water partition coefficient (Wildman–Crippen LogP) is 1.93. The molecular weight excluding hydrogens is 258 g/mol. The van der Waals surface area contributed by atoms with Crippen molar-refractivity contribution in [3.8, 4) is 0 Å². The van der Waals surface area contributed by atoms with Crippen molar-refractivity contribution in [3.63, 3.8) is 0 Å². The molecular formula is C13H21N5O2.